The molecular weight excluding hydrogens is 132 g/mol. The molecule has 1 atom stereocenters. The predicted octanol–water partition coefficient (Wildman–Crippen LogP) is 0.925. The van der Waals surface area contributed by atoms with Crippen molar-refractivity contribution in [3.8, 4) is 0 Å². The van der Waals surface area contributed by atoms with E-state index in [4.69, 9.17) is 0 Å². The third kappa shape index (κ3) is 4.09. The van der Waals surface area contributed by atoms with Crippen LogP contribution in [0.5, 0.6) is 0 Å². The Hall–Kier alpha value is -0.830. The minimum absolute atomic E-state index is 0.246. The molecule has 0 bridgehead atoms. The zero-order chi connectivity index (χ0) is 7.98. The fourth-order valence-corrected chi connectivity index (χ4v) is 0.554. The topological polar surface area (TPSA) is 46.2 Å². The van der Waals surface area contributed by atoms with Gasteiger partial charge in [0.2, 0.25) is 0 Å². The minimum Gasteiger partial charge on any atom is -0.458 e. The van der Waals surface area contributed by atoms with Crippen molar-refractivity contribution in [2.45, 2.75) is 19.4 Å². The van der Waals surface area contributed by atoms with Gasteiger partial charge in [0.05, 0.1) is 6.61 Å². The molecule has 0 aromatic heterocycles. The number of hydrogen-bond acceptors (Lipinski definition) is 2. The molecule has 0 spiro atoms. The highest BCUT2D eigenvalue weighted by molar-refractivity contribution is 5.66. The van der Waals surface area contributed by atoms with Gasteiger partial charge in [0, 0.05) is 13.3 Å². The van der Waals surface area contributed by atoms with Crippen LogP contribution >= 0.6 is 0 Å². The standard InChI is InChI=1S/C7H11O3/c1-3-7(4-5-8)10-6(2)9/h3,7H,1,4-5H2,2H3/t7-/m0/s1. The van der Waals surface area contributed by atoms with E-state index in [0.29, 0.717) is 6.42 Å². The van der Waals surface area contributed by atoms with Crippen molar-refractivity contribution in [2.75, 3.05) is 6.61 Å². The van der Waals surface area contributed by atoms with Crippen molar-refractivity contribution in [1.29, 1.82) is 0 Å². The summed E-state index contributed by atoms with van der Waals surface area (Å²) in [7, 11) is 0. The van der Waals surface area contributed by atoms with E-state index >= 15 is 0 Å². The van der Waals surface area contributed by atoms with Gasteiger partial charge in [-0.3, -0.25) is 4.79 Å². The molecule has 0 aliphatic carbocycles. The van der Waals surface area contributed by atoms with Crippen molar-refractivity contribution < 1.29 is 14.6 Å². The molecule has 0 fully saturated rings. The Morgan fingerprint density at radius 2 is 2.40 bits per heavy atom. The quantitative estimate of drug-likeness (QED) is 0.434. The second-order valence-electron chi connectivity index (χ2n) is 1.88. The van der Waals surface area contributed by atoms with Gasteiger partial charge in [0.25, 0.3) is 0 Å². The van der Waals surface area contributed by atoms with Crippen molar-refractivity contribution >= 4 is 5.97 Å². The first kappa shape index (κ1) is 9.17. The summed E-state index contributed by atoms with van der Waals surface area (Å²) in [5.41, 5.74) is 0. The highest BCUT2D eigenvalue weighted by atomic mass is 16.5. The number of esters is 1. The predicted molar refractivity (Wildman–Crippen MR) is 35.9 cm³/mol. The van der Waals surface area contributed by atoms with Gasteiger partial charge in [-0.2, -0.15) is 0 Å². The Morgan fingerprint density at radius 1 is 1.80 bits per heavy atom. The van der Waals surface area contributed by atoms with Crippen LogP contribution in [0.4, 0.5) is 0 Å². The lowest BCUT2D eigenvalue weighted by Crippen LogP contribution is -2.14. The molecule has 0 aromatic carbocycles. The Bertz CT molecular complexity index is 120. The SMILES string of the molecule is C=C[C@@H](CC[O])OC(C)=O. The number of hydrogen-bond donors (Lipinski definition) is 0. The fraction of sp³-hybridized carbons (Fsp3) is 0.571. The van der Waals surface area contributed by atoms with Gasteiger partial charge in [-0.05, 0) is 0 Å². The molecule has 0 aliphatic rings. The van der Waals surface area contributed by atoms with E-state index in [1.165, 1.54) is 13.0 Å². The van der Waals surface area contributed by atoms with Crippen LogP contribution in [0.3, 0.4) is 0 Å². The van der Waals surface area contributed by atoms with Gasteiger partial charge in [-0.1, -0.05) is 12.7 Å². The first-order chi connectivity index (χ1) is 4.70. The average Bonchev–Trinajstić information content (AvgIpc) is 1.86. The summed E-state index contributed by atoms with van der Waals surface area (Å²) in [5, 5.41) is 10.0. The summed E-state index contributed by atoms with van der Waals surface area (Å²) in [6.07, 6.45) is 1.36. The number of carbonyl (C=O) groups is 1. The molecule has 1 radical (unpaired) electrons. The van der Waals surface area contributed by atoms with E-state index < -0.39 is 6.10 Å². The van der Waals surface area contributed by atoms with E-state index in [9.17, 15) is 9.90 Å². The molecule has 0 heterocycles. The summed E-state index contributed by atoms with van der Waals surface area (Å²) in [6, 6.07) is 0. The average molecular weight is 143 g/mol. The molecule has 0 saturated carbocycles. The van der Waals surface area contributed by atoms with Crippen LogP contribution in [-0.4, -0.2) is 18.7 Å². The molecule has 0 N–H and O–H groups in total. The van der Waals surface area contributed by atoms with Crippen LogP contribution in [0, 0.1) is 0 Å². The van der Waals surface area contributed by atoms with E-state index in [-0.39, 0.29) is 12.6 Å². The first-order valence-corrected chi connectivity index (χ1v) is 3.08. The van der Waals surface area contributed by atoms with Gasteiger partial charge in [-0.25, -0.2) is 5.11 Å². The van der Waals surface area contributed by atoms with Crippen LogP contribution in [0.25, 0.3) is 0 Å². The molecule has 0 aliphatic heterocycles. The second kappa shape index (κ2) is 4.99. The maximum atomic E-state index is 10.3. The fourth-order valence-electron chi connectivity index (χ4n) is 0.554. The normalized spacial score (nSPS) is 12.2. The summed E-state index contributed by atoms with van der Waals surface area (Å²) in [5.74, 6) is -0.377. The molecule has 0 amide bonds. The third-order valence-electron chi connectivity index (χ3n) is 0.983. The molecule has 57 valence electrons. The van der Waals surface area contributed by atoms with Gasteiger partial charge in [0.15, 0.2) is 0 Å². The van der Waals surface area contributed by atoms with Crippen LogP contribution in [-0.2, 0) is 14.6 Å². The lowest BCUT2D eigenvalue weighted by molar-refractivity contribution is -0.144. The molecule has 3 nitrogen and oxygen atoms in total. The Labute approximate surface area is 60.3 Å². The minimum atomic E-state index is -0.407. The number of rotatable bonds is 4. The van der Waals surface area contributed by atoms with Gasteiger partial charge in [0.1, 0.15) is 6.10 Å². The summed E-state index contributed by atoms with van der Waals surface area (Å²) < 4.78 is 4.68. The molecule has 0 rings (SSSR count). The lowest BCUT2D eigenvalue weighted by atomic mass is 10.2. The zero-order valence-corrected chi connectivity index (χ0v) is 6.00. The van der Waals surface area contributed by atoms with Crippen LogP contribution in [0.2, 0.25) is 0 Å². The van der Waals surface area contributed by atoms with Crippen molar-refractivity contribution in [3.05, 3.63) is 12.7 Å². The van der Waals surface area contributed by atoms with Gasteiger partial charge < -0.3 is 4.74 Å². The Morgan fingerprint density at radius 3 is 2.70 bits per heavy atom. The summed E-state index contributed by atoms with van der Waals surface area (Å²) in [6.45, 7) is 4.48. The van der Waals surface area contributed by atoms with Crippen LogP contribution in [0.15, 0.2) is 12.7 Å². The highest BCUT2D eigenvalue weighted by Crippen LogP contribution is 1.98. The van der Waals surface area contributed by atoms with E-state index in [1.54, 1.807) is 0 Å². The Balaban J connectivity index is 3.59. The van der Waals surface area contributed by atoms with Crippen molar-refractivity contribution in [2.24, 2.45) is 0 Å². The molecule has 3 heteroatoms. The summed E-state index contributed by atoms with van der Waals surface area (Å²) in [4.78, 5) is 10.3. The molecule has 0 unspecified atom stereocenters. The van der Waals surface area contributed by atoms with E-state index in [0.717, 1.165) is 0 Å². The van der Waals surface area contributed by atoms with Crippen molar-refractivity contribution in [1.82, 2.24) is 0 Å². The van der Waals surface area contributed by atoms with Crippen molar-refractivity contribution in [3.63, 3.8) is 0 Å². The molecule has 10 heavy (non-hydrogen) atoms. The Kier molecular flexibility index (Phi) is 4.58. The maximum absolute atomic E-state index is 10.3. The number of ether oxygens (including phenoxy) is 1. The lowest BCUT2D eigenvalue weighted by Gasteiger charge is -2.09. The maximum Gasteiger partial charge on any atom is 0.303 e. The molecule has 0 saturated heterocycles. The number of carbonyl (C=O) groups excluding carboxylic acids is 1. The van der Waals surface area contributed by atoms with E-state index in [2.05, 4.69) is 11.3 Å². The smallest absolute Gasteiger partial charge is 0.303 e. The van der Waals surface area contributed by atoms with Crippen LogP contribution < -0.4 is 0 Å². The van der Waals surface area contributed by atoms with E-state index in [1.807, 2.05) is 0 Å². The monoisotopic (exact) mass is 143 g/mol. The van der Waals surface area contributed by atoms with Gasteiger partial charge in [-0.15, -0.1) is 0 Å². The summed E-state index contributed by atoms with van der Waals surface area (Å²) >= 11 is 0. The molecule has 0 aromatic rings. The first-order valence-electron chi connectivity index (χ1n) is 3.08. The van der Waals surface area contributed by atoms with Gasteiger partial charge >= 0.3 is 5.97 Å². The van der Waals surface area contributed by atoms with Crippen LogP contribution in [0.1, 0.15) is 13.3 Å². The third-order valence-corrected chi connectivity index (χ3v) is 0.983. The second-order valence-corrected chi connectivity index (χ2v) is 1.88. The zero-order valence-electron chi connectivity index (χ0n) is 6.00. The largest absolute Gasteiger partial charge is 0.458 e. The highest BCUT2D eigenvalue weighted by Gasteiger charge is 2.05. The molecular formula is C7H11O3.